The van der Waals surface area contributed by atoms with Crippen LogP contribution in [0.4, 0.5) is 0 Å². The fraction of sp³-hybridized carbons (Fsp3) is 0.556. The van der Waals surface area contributed by atoms with Gasteiger partial charge >= 0.3 is 0 Å². The van der Waals surface area contributed by atoms with E-state index < -0.39 is 0 Å². The Labute approximate surface area is 222 Å². The number of hydrogen-bond acceptors (Lipinski definition) is 2. The van der Waals surface area contributed by atoms with E-state index in [1.807, 2.05) is 30.6 Å². The molecule has 0 spiro atoms. The maximum absolute atomic E-state index is 12.5. The van der Waals surface area contributed by atoms with Crippen molar-refractivity contribution in [3.63, 3.8) is 0 Å². The third-order valence-corrected chi connectivity index (χ3v) is 6.04. The van der Waals surface area contributed by atoms with Gasteiger partial charge in [0, 0.05) is 18.7 Å². The number of benzene rings is 1. The van der Waals surface area contributed by atoms with Crippen LogP contribution < -0.4 is 38.6 Å². The number of hydrogen-bond donors (Lipinski definition) is 1. The molecule has 2 aromatic rings. The molecule has 0 aliphatic carbocycles. The molecule has 0 fully saturated rings. The molecule has 0 aliphatic heterocycles. The molecule has 1 amide bonds. The van der Waals surface area contributed by atoms with E-state index in [2.05, 4.69) is 23.7 Å². The molecule has 184 valence electrons. The van der Waals surface area contributed by atoms with Crippen LogP contribution in [0.2, 0.25) is 5.02 Å². The molecule has 0 unspecified atom stereocenters. The van der Waals surface area contributed by atoms with Crippen LogP contribution in [0, 0.1) is 0 Å². The van der Waals surface area contributed by atoms with Crippen molar-refractivity contribution in [2.75, 3.05) is 6.61 Å². The molecule has 1 aromatic carbocycles. The molecule has 0 radical (unpaired) electrons. The van der Waals surface area contributed by atoms with E-state index >= 15 is 0 Å². The zero-order chi connectivity index (χ0) is 23.0. The number of rotatable bonds is 16. The fourth-order valence-electron chi connectivity index (χ4n) is 3.64. The molecule has 0 bridgehead atoms. The Morgan fingerprint density at radius 1 is 0.909 bits per heavy atom. The minimum atomic E-state index is -0.177. The normalized spacial score (nSPS) is 10.5. The van der Waals surface area contributed by atoms with Gasteiger partial charge in [0.2, 0.25) is 0 Å². The summed E-state index contributed by atoms with van der Waals surface area (Å²) in [5, 5.41) is 3.35. The Hall–Kier alpha value is -1.34. The molecule has 1 aromatic heterocycles. The van der Waals surface area contributed by atoms with Crippen molar-refractivity contribution >= 4 is 17.5 Å². The van der Waals surface area contributed by atoms with Crippen LogP contribution in [0.25, 0.3) is 0 Å². The average Bonchev–Trinajstić information content (AvgIpc) is 2.81. The van der Waals surface area contributed by atoms with Crippen LogP contribution in [0.1, 0.15) is 94.0 Å². The number of carbonyl (C=O) groups excluding carboxylic acids is 1. The molecule has 0 saturated heterocycles. The molecule has 33 heavy (non-hydrogen) atoms. The van der Waals surface area contributed by atoms with Gasteiger partial charge in [0.15, 0.2) is 12.4 Å². The third-order valence-electron chi connectivity index (χ3n) is 5.73. The smallest absolute Gasteiger partial charge is 0.253 e. The lowest BCUT2D eigenvalue weighted by Gasteiger charge is -2.10. The summed E-state index contributed by atoms with van der Waals surface area (Å²) < 4.78 is 7.91. The first-order valence-electron chi connectivity index (χ1n) is 12.3. The number of unbranched alkanes of at least 4 members (excludes halogenated alkanes) is 9. The lowest BCUT2D eigenvalue weighted by Crippen LogP contribution is -3.00. The quantitative estimate of drug-likeness (QED) is 0.184. The Morgan fingerprint density at radius 3 is 2.09 bits per heavy atom. The summed E-state index contributed by atoms with van der Waals surface area (Å²) in [7, 11) is 0. The minimum absolute atomic E-state index is 0. The van der Waals surface area contributed by atoms with Gasteiger partial charge in [-0.05, 0) is 37.1 Å². The summed E-state index contributed by atoms with van der Waals surface area (Å²) in [6.45, 7) is 6.43. The minimum Gasteiger partial charge on any atom is -1.00 e. The zero-order valence-corrected chi connectivity index (χ0v) is 23.2. The highest BCUT2D eigenvalue weighted by Crippen LogP contribution is 2.23. The van der Waals surface area contributed by atoms with Gasteiger partial charge in [-0.25, -0.2) is 4.57 Å². The van der Waals surface area contributed by atoms with E-state index in [1.54, 1.807) is 12.1 Å². The largest absolute Gasteiger partial charge is 1.00 e. The maximum Gasteiger partial charge on any atom is 0.253 e. The van der Waals surface area contributed by atoms with Gasteiger partial charge in [-0.3, -0.25) is 4.79 Å². The fourth-order valence-corrected chi connectivity index (χ4v) is 3.90. The number of pyridine rings is 1. The second-order valence-corrected chi connectivity index (χ2v) is 8.80. The van der Waals surface area contributed by atoms with Crippen LogP contribution in [0.5, 0.6) is 5.75 Å². The van der Waals surface area contributed by atoms with Crippen molar-refractivity contribution < 1.29 is 38.1 Å². The van der Waals surface area contributed by atoms with Gasteiger partial charge in [0.05, 0.1) is 17.2 Å². The van der Waals surface area contributed by atoms with Crippen LogP contribution in [-0.2, 0) is 13.1 Å². The third kappa shape index (κ3) is 12.1. The predicted molar refractivity (Wildman–Crippen MR) is 132 cm³/mol. The van der Waals surface area contributed by atoms with Crippen molar-refractivity contribution in [3.8, 4) is 5.75 Å². The summed E-state index contributed by atoms with van der Waals surface area (Å²) in [4.78, 5) is 12.5. The highest BCUT2D eigenvalue weighted by molar-refractivity contribution is 6.34. The molecule has 0 saturated carbocycles. The number of aryl methyl sites for hydroxylation is 1. The topological polar surface area (TPSA) is 42.2 Å². The van der Waals surface area contributed by atoms with Gasteiger partial charge in [0.25, 0.3) is 5.91 Å². The lowest BCUT2D eigenvalue weighted by molar-refractivity contribution is -0.693. The summed E-state index contributed by atoms with van der Waals surface area (Å²) in [5.41, 5.74) is 1.52. The zero-order valence-electron chi connectivity index (χ0n) is 20.3. The van der Waals surface area contributed by atoms with E-state index in [9.17, 15) is 4.79 Å². The van der Waals surface area contributed by atoms with Crippen molar-refractivity contribution in [3.05, 3.63) is 58.9 Å². The van der Waals surface area contributed by atoms with E-state index in [-0.39, 0.29) is 29.9 Å². The Bertz CT molecular complexity index is 799. The van der Waals surface area contributed by atoms with Crippen molar-refractivity contribution in [1.29, 1.82) is 0 Å². The number of carbonyl (C=O) groups is 1. The highest BCUT2D eigenvalue weighted by Gasteiger charge is 2.11. The first kappa shape index (κ1) is 29.7. The molecule has 0 atom stereocenters. The van der Waals surface area contributed by atoms with Gasteiger partial charge in [-0.1, -0.05) is 76.3 Å². The number of halogens is 2. The van der Waals surface area contributed by atoms with E-state index in [4.69, 9.17) is 16.3 Å². The second-order valence-electron chi connectivity index (χ2n) is 8.39. The Kier molecular flexibility index (Phi) is 16.2. The number of nitrogens with one attached hydrogen (secondary N) is 1. The van der Waals surface area contributed by atoms with Crippen molar-refractivity contribution in [1.82, 2.24) is 5.32 Å². The SMILES string of the molecule is CCCCCCCCCCCCOc1ccc(C(=O)NCc2cc[n+](CC)cc2)c(Cl)c1.[I-]. The summed E-state index contributed by atoms with van der Waals surface area (Å²) in [6, 6.07) is 9.32. The van der Waals surface area contributed by atoms with Crippen LogP contribution >= 0.6 is 11.6 Å². The number of aromatic nitrogens is 1. The Morgan fingerprint density at radius 2 is 1.52 bits per heavy atom. The molecule has 2 rings (SSSR count). The van der Waals surface area contributed by atoms with E-state index in [0.29, 0.717) is 23.7 Å². The summed E-state index contributed by atoms with van der Waals surface area (Å²) in [6.07, 6.45) is 17.0. The molecule has 4 nitrogen and oxygen atoms in total. The molecule has 1 heterocycles. The highest BCUT2D eigenvalue weighted by atomic mass is 127. The van der Waals surface area contributed by atoms with Gasteiger partial charge in [0.1, 0.15) is 12.3 Å². The monoisotopic (exact) mass is 586 g/mol. The Balaban J connectivity index is 0.00000544. The lowest BCUT2D eigenvalue weighted by atomic mass is 10.1. The number of amides is 1. The number of ether oxygens (including phenoxy) is 1. The average molecular weight is 587 g/mol. The summed E-state index contributed by atoms with van der Waals surface area (Å²) >= 11 is 6.34. The van der Waals surface area contributed by atoms with Gasteiger partial charge in [-0.15, -0.1) is 0 Å². The predicted octanol–water partition coefficient (Wildman–Crippen LogP) is 3.88. The molecule has 6 heteroatoms. The van der Waals surface area contributed by atoms with Gasteiger partial charge in [-0.2, -0.15) is 0 Å². The van der Waals surface area contributed by atoms with Gasteiger partial charge < -0.3 is 34.0 Å². The maximum atomic E-state index is 12.5. The van der Waals surface area contributed by atoms with Crippen molar-refractivity contribution in [2.24, 2.45) is 0 Å². The standard InChI is InChI=1S/C27H39ClN2O2.HI/c1-3-5-6-7-8-9-10-11-12-13-20-32-24-14-15-25(26(28)21-24)27(31)29-22-23-16-18-30(4-2)19-17-23;/h14-19,21H,3-13,20,22H2,1-2H3;1H. The number of nitrogens with zero attached hydrogens (tertiary/aromatic N) is 1. The second kappa shape index (κ2) is 18.0. The summed E-state index contributed by atoms with van der Waals surface area (Å²) in [5.74, 6) is 0.540. The van der Waals surface area contributed by atoms with E-state index in [0.717, 1.165) is 24.3 Å². The van der Waals surface area contributed by atoms with Crippen LogP contribution in [0.3, 0.4) is 0 Å². The van der Waals surface area contributed by atoms with Crippen LogP contribution in [-0.4, -0.2) is 12.5 Å². The molecule has 0 aliphatic rings. The van der Waals surface area contributed by atoms with E-state index in [1.165, 1.54) is 57.8 Å². The van der Waals surface area contributed by atoms with Crippen LogP contribution in [0.15, 0.2) is 42.7 Å². The van der Waals surface area contributed by atoms with Crippen molar-refractivity contribution in [2.45, 2.75) is 91.1 Å². The first-order valence-corrected chi connectivity index (χ1v) is 12.7. The first-order chi connectivity index (χ1) is 15.6. The molecular formula is C27H40ClIN2O2. The molecule has 1 N–H and O–H groups in total. The molecular weight excluding hydrogens is 547 g/mol.